The normalized spacial score (nSPS) is 11.7. The van der Waals surface area contributed by atoms with Crippen LogP contribution in [0, 0.1) is 0 Å². The third-order valence-corrected chi connectivity index (χ3v) is 1.20. The number of pyridine rings is 1. The van der Waals surface area contributed by atoms with Gasteiger partial charge in [0, 0.05) is 0 Å². The van der Waals surface area contributed by atoms with E-state index in [0.717, 1.165) is 10.3 Å². The van der Waals surface area contributed by atoms with Crippen LogP contribution in [0.25, 0.3) is 0 Å². The molecular weight excluding hydrogens is 150 g/mol. The molecule has 0 aromatic carbocycles. The molecule has 0 bridgehead atoms. The van der Waals surface area contributed by atoms with Crippen molar-refractivity contribution in [1.82, 2.24) is 4.98 Å². The number of rotatable bonds is 0. The van der Waals surface area contributed by atoms with Crippen molar-refractivity contribution in [3.63, 3.8) is 0 Å². The van der Waals surface area contributed by atoms with E-state index in [-0.39, 0.29) is 0 Å². The van der Waals surface area contributed by atoms with Crippen molar-refractivity contribution in [2.24, 2.45) is 0 Å². The second-order valence-electron chi connectivity index (χ2n) is 2.22. The molecule has 0 radical (unpaired) electrons. The van der Waals surface area contributed by atoms with E-state index in [9.17, 15) is 13.2 Å². The second kappa shape index (κ2) is 2.88. The minimum atomic E-state index is -4.33. The van der Waals surface area contributed by atoms with Crippen molar-refractivity contribution in [2.45, 2.75) is 6.18 Å². The number of alkyl halides is 3. The Morgan fingerprint density at radius 2 is 1.91 bits per heavy atom. The standard InChI is InChI=1S/C6H3F3N.Li/c7-6(8,9)5-3-1-2-4-10-5;/h1,3-4H;. The van der Waals surface area contributed by atoms with Gasteiger partial charge in [0.05, 0.1) is 0 Å². The van der Waals surface area contributed by atoms with Crippen LogP contribution < -0.4 is 4.24 Å². The van der Waals surface area contributed by atoms with E-state index in [2.05, 4.69) is 4.98 Å². The fourth-order valence-corrected chi connectivity index (χ4v) is 0.635. The Bertz CT molecular complexity index is 241. The number of aromatic nitrogens is 1. The third-order valence-electron chi connectivity index (χ3n) is 1.20. The number of halogens is 3. The predicted molar refractivity (Wildman–Crippen MR) is 34.6 cm³/mol. The van der Waals surface area contributed by atoms with Crippen molar-refractivity contribution in [3.8, 4) is 0 Å². The van der Waals surface area contributed by atoms with Crippen molar-refractivity contribution >= 4 is 22.0 Å². The fourth-order valence-electron chi connectivity index (χ4n) is 0.635. The minimum absolute atomic E-state index is 0.720. The van der Waals surface area contributed by atoms with Crippen LogP contribution in [-0.2, 0) is 6.18 Å². The van der Waals surface area contributed by atoms with Crippen LogP contribution in [0.2, 0.25) is 0 Å². The SMILES string of the molecule is [Li][c]1ccc(C(F)(F)F)nc1. The first-order valence-electron chi connectivity index (χ1n) is 3.00. The van der Waals surface area contributed by atoms with Gasteiger partial charge in [-0.25, -0.2) is 0 Å². The second-order valence-corrected chi connectivity index (χ2v) is 2.22. The van der Waals surface area contributed by atoms with Crippen molar-refractivity contribution in [3.05, 3.63) is 24.0 Å². The Balaban J connectivity index is 2.99. The van der Waals surface area contributed by atoms with Gasteiger partial charge in [-0.1, -0.05) is 0 Å². The molecule has 0 fully saturated rings. The Morgan fingerprint density at radius 3 is 2.27 bits per heavy atom. The van der Waals surface area contributed by atoms with Gasteiger partial charge >= 0.3 is 70.3 Å². The van der Waals surface area contributed by atoms with Gasteiger partial charge in [0.25, 0.3) is 0 Å². The predicted octanol–water partition coefficient (Wildman–Crippen LogP) is 0.894. The molecule has 0 aliphatic carbocycles. The molecule has 0 atom stereocenters. The summed E-state index contributed by atoms with van der Waals surface area (Å²) in [6, 6.07) is 2.35. The molecule has 11 heavy (non-hydrogen) atoms. The van der Waals surface area contributed by atoms with Crippen LogP contribution in [0.5, 0.6) is 0 Å². The summed E-state index contributed by atoms with van der Waals surface area (Å²) in [5.74, 6) is 0. The zero-order chi connectivity index (χ0) is 8.48. The Labute approximate surface area is 70.8 Å². The molecule has 0 unspecified atom stereocenters. The molecule has 0 spiro atoms. The van der Waals surface area contributed by atoms with Gasteiger partial charge in [0.1, 0.15) is 0 Å². The first kappa shape index (κ1) is 8.63. The van der Waals surface area contributed by atoms with Gasteiger partial charge in [0.15, 0.2) is 0 Å². The van der Waals surface area contributed by atoms with E-state index >= 15 is 0 Å². The molecule has 0 amide bonds. The van der Waals surface area contributed by atoms with Crippen molar-refractivity contribution < 1.29 is 13.2 Å². The molecule has 0 aliphatic heterocycles. The van der Waals surface area contributed by atoms with Crippen LogP contribution in [0.1, 0.15) is 5.69 Å². The van der Waals surface area contributed by atoms with Crippen LogP contribution in [0.4, 0.5) is 13.2 Å². The quantitative estimate of drug-likeness (QED) is 0.504. The summed E-state index contributed by atoms with van der Waals surface area (Å²) in [7, 11) is 0. The molecule has 1 rings (SSSR count). The van der Waals surface area contributed by atoms with E-state index in [0.29, 0.717) is 0 Å². The topological polar surface area (TPSA) is 12.9 Å². The summed E-state index contributed by atoms with van der Waals surface area (Å²) >= 11 is 1.69. The molecular formula is C6H3F3LiN. The number of hydrogen-bond acceptors (Lipinski definition) is 1. The van der Waals surface area contributed by atoms with Crippen LogP contribution in [-0.4, -0.2) is 22.7 Å². The summed E-state index contributed by atoms with van der Waals surface area (Å²) in [4.78, 5) is 3.22. The van der Waals surface area contributed by atoms with Gasteiger partial charge in [-0.3, -0.25) is 0 Å². The summed E-state index contributed by atoms with van der Waals surface area (Å²) in [5.41, 5.74) is -0.844. The summed E-state index contributed by atoms with van der Waals surface area (Å²) < 4.78 is 36.3. The Hall–Kier alpha value is -0.463. The van der Waals surface area contributed by atoms with E-state index in [1.807, 2.05) is 0 Å². The first-order valence-corrected chi connectivity index (χ1v) is 3.00. The number of hydrogen-bond donors (Lipinski definition) is 0. The third kappa shape index (κ3) is 2.24. The molecule has 5 heteroatoms. The van der Waals surface area contributed by atoms with E-state index in [4.69, 9.17) is 0 Å². The monoisotopic (exact) mass is 153 g/mol. The molecule has 0 saturated heterocycles. The van der Waals surface area contributed by atoms with Gasteiger partial charge in [-0.05, 0) is 0 Å². The van der Waals surface area contributed by atoms with Crippen molar-refractivity contribution in [2.75, 3.05) is 0 Å². The van der Waals surface area contributed by atoms with Gasteiger partial charge in [-0.2, -0.15) is 0 Å². The molecule has 1 heterocycles. The zero-order valence-electron chi connectivity index (χ0n) is 5.81. The van der Waals surface area contributed by atoms with Crippen LogP contribution in [0.15, 0.2) is 18.3 Å². The summed E-state index contributed by atoms with van der Waals surface area (Å²) in [6.45, 7) is 0. The van der Waals surface area contributed by atoms with E-state index in [1.54, 1.807) is 17.7 Å². The van der Waals surface area contributed by atoms with Crippen LogP contribution >= 0.6 is 0 Å². The average molecular weight is 153 g/mol. The average Bonchev–Trinajstić information content (AvgIpc) is 1.86. The van der Waals surface area contributed by atoms with E-state index < -0.39 is 11.9 Å². The van der Waals surface area contributed by atoms with Gasteiger partial charge < -0.3 is 0 Å². The Morgan fingerprint density at radius 1 is 1.27 bits per heavy atom. The molecule has 1 nitrogen and oxygen atoms in total. The maximum absolute atomic E-state index is 11.9. The molecule has 0 N–H and O–H groups in total. The molecule has 1 aromatic rings. The fraction of sp³-hybridized carbons (Fsp3) is 0.167. The van der Waals surface area contributed by atoms with Crippen LogP contribution in [0.3, 0.4) is 0 Å². The summed E-state index contributed by atoms with van der Waals surface area (Å²) in [5, 5.41) is 0. The maximum atomic E-state index is 11.9. The first-order chi connectivity index (χ1) is 5.00. The van der Waals surface area contributed by atoms with E-state index in [1.165, 1.54) is 12.3 Å². The number of nitrogens with zero attached hydrogens (tertiary/aromatic N) is 1. The molecule has 0 aliphatic rings. The molecule has 0 saturated carbocycles. The zero-order valence-corrected chi connectivity index (χ0v) is 5.81. The van der Waals surface area contributed by atoms with Gasteiger partial charge in [-0.15, -0.1) is 0 Å². The summed E-state index contributed by atoms with van der Waals surface area (Å²) in [6.07, 6.45) is -3.13. The Kier molecular flexibility index (Phi) is 2.26. The molecule has 1 aromatic heterocycles. The molecule has 54 valence electrons. The van der Waals surface area contributed by atoms with Crippen molar-refractivity contribution in [1.29, 1.82) is 0 Å². The van der Waals surface area contributed by atoms with Gasteiger partial charge in [0.2, 0.25) is 0 Å².